The highest BCUT2D eigenvalue weighted by Gasteiger charge is 2.01. The Hall–Kier alpha value is -3.62. The topological polar surface area (TPSA) is 99.3 Å². The maximum absolute atomic E-state index is 4.39. The van der Waals surface area contributed by atoms with Crippen molar-refractivity contribution in [2.45, 2.75) is 13.8 Å². The predicted octanol–water partition coefficient (Wildman–Crippen LogP) is 3.06. The Bertz CT molecular complexity index is 894. The maximum atomic E-state index is 4.39. The van der Waals surface area contributed by atoms with Crippen molar-refractivity contribution in [3.8, 4) is 0 Å². The molecule has 0 saturated carbocycles. The number of nitrogens with zero attached hydrogens (tertiary/aromatic N) is 6. The fourth-order valence-corrected chi connectivity index (χ4v) is 2.55. The van der Waals surface area contributed by atoms with Gasteiger partial charge < -0.3 is 10.6 Å². The number of hydrogen-bond donors (Lipinski definition) is 2. The molecule has 0 unspecified atom stereocenters. The van der Waals surface area contributed by atoms with Crippen LogP contribution in [0, 0.1) is 0 Å². The third kappa shape index (κ3) is 9.03. The molecule has 0 bridgehead atoms. The maximum Gasteiger partial charge on any atom is 0.177 e. The van der Waals surface area contributed by atoms with Gasteiger partial charge in [0.1, 0.15) is 11.4 Å². The van der Waals surface area contributed by atoms with Gasteiger partial charge in [-0.05, 0) is 62.7 Å². The first-order valence-corrected chi connectivity index (χ1v) is 10.3. The molecule has 0 spiro atoms. The number of hydrogen-bond acceptors (Lipinski definition) is 6. The zero-order valence-electron chi connectivity index (χ0n) is 18.7. The van der Waals surface area contributed by atoms with Gasteiger partial charge in [-0.2, -0.15) is 0 Å². The van der Waals surface area contributed by atoms with Crippen molar-refractivity contribution in [2.24, 2.45) is 20.0 Å². The van der Waals surface area contributed by atoms with Crippen LogP contribution in [0.4, 0.5) is 0 Å². The van der Waals surface area contributed by atoms with E-state index in [9.17, 15) is 0 Å². The molecule has 0 saturated heterocycles. The van der Waals surface area contributed by atoms with E-state index in [0.29, 0.717) is 23.1 Å². The summed E-state index contributed by atoms with van der Waals surface area (Å²) in [6.07, 6.45) is 6.99. The van der Waals surface area contributed by atoms with E-state index < -0.39 is 0 Å². The van der Waals surface area contributed by atoms with Crippen LogP contribution in [0.25, 0.3) is 0 Å². The van der Waals surface area contributed by atoms with Crippen LogP contribution >= 0.6 is 0 Å². The summed E-state index contributed by atoms with van der Waals surface area (Å²) >= 11 is 0. The average molecular weight is 431 g/mol. The molecular weight excluding hydrogens is 400 g/mol. The fourth-order valence-electron chi connectivity index (χ4n) is 2.55. The van der Waals surface area contributed by atoms with Crippen LogP contribution in [0.2, 0.25) is 0 Å². The minimum absolute atomic E-state index is 0.509. The van der Waals surface area contributed by atoms with Gasteiger partial charge in [-0.1, -0.05) is 12.1 Å². The Kier molecular flexibility index (Phi) is 11.1. The number of rotatable bonds is 11. The van der Waals surface area contributed by atoms with E-state index in [0.717, 1.165) is 37.3 Å². The summed E-state index contributed by atoms with van der Waals surface area (Å²) < 4.78 is 0. The summed E-state index contributed by atoms with van der Waals surface area (Å²) in [5.41, 5.74) is 3.58. The quantitative estimate of drug-likeness (QED) is 0.325. The number of aromatic nitrogens is 2. The second-order valence-electron chi connectivity index (χ2n) is 6.96. The SMILES string of the molecule is C=N/C(=N\C=C(/C)CNCCNC/C(C)=C/N=C(\N=C)c1ccccn1)c1ccccn1. The normalized spacial score (nSPS) is 13.2. The van der Waals surface area contributed by atoms with E-state index >= 15 is 0 Å². The molecule has 8 heteroatoms. The molecule has 0 amide bonds. The van der Waals surface area contributed by atoms with E-state index in [1.165, 1.54) is 0 Å². The first-order chi connectivity index (χ1) is 15.6. The lowest BCUT2D eigenvalue weighted by Gasteiger charge is -2.07. The number of aliphatic imine (C=N–C) groups is 4. The van der Waals surface area contributed by atoms with E-state index in [2.05, 4.69) is 54.0 Å². The standard InChI is InChI=1S/C24H30N8/c1-19(17-31-23(25-3)21-9-5-7-11-29-21)15-27-13-14-28-16-20(2)18-32-24(26-4)22-10-6-8-12-30-22/h5-12,17-18,27-28H,3-4,13-16H2,1-2H3/b19-17+,20-18+,31-23-,32-24-. The van der Waals surface area contributed by atoms with Gasteiger partial charge in [0, 0.05) is 51.0 Å². The minimum atomic E-state index is 0.509. The van der Waals surface area contributed by atoms with Gasteiger partial charge in [-0.15, -0.1) is 0 Å². The van der Waals surface area contributed by atoms with Gasteiger partial charge in [0.15, 0.2) is 11.7 Å². The Morgan fingerprint density at radius 3 is 1.56 bits per heavy atom. The number of pyridine rings is 2. The molecule has 8 nitrogen and oxygen atoms in total. The fraction of sp³-hybridized carbons (Fsp3) is 0.250. The summed E-state index contributed by atoms with van der Waals surface area (Å²) in [6.45, 7) is 14.3. The summed E-state index contributed by atoms with van der Waals surface area (Å²) in [5, 5.41) is 6.76. The molecule has 2 N–H and O–H groups in total. The van der Waals surface area contributed by atoms with Crippen LogP contribution < -0.4 is 10.6 Å². The molecule has 32 heavy (non-hydrogen) atoms. The second kappa shape index (κ2) is 14.4. The molecule has 0 aliphatic carbocycles. The Labute approximate surface area is 189 Å². The van der Waals surface area contributed by atoms with E-state index in [1.807, 2.05) is 50.2 Å². The molecule has 0 aliphatic rings. The van der Waals surface area contributed by atoms with Crippen LogP contribution in [0.15, 0.2) is 92.3 Å². The summed E-state index contributed by atoms with van der Waals surface area (Å²) in [4.78, 5) is 25.2. The molecule has 0 fully saturated rings. The molecule has 2 rings (SSSR count). The van der Waals surface area contributed by atoms with Crippen LogP contribution in [-0.2, 0) is 0 Å². The van der Waals surface area contributed by atoms with Crippen molar-refractivity contribution in [2.75, 3.05) is 26.2 Å². The van der Waals surface area contributed by atoms with Gasteiger partial charge >= 0.3 is 0 Å². The number of nitrogens with one attached hydrogen (secondary N) is 2. The lowest BCUT2D eigenvalue weighted by molar-refractivity contribution is 0.652. The molecule has 2 aromatic heterocycles. The van der Waals surface area contributed by atoms with Crippen LogP contribution in [0.5, 0.6) is 0 Å². The van der Waals surface area contributed by atoms with Gasteiger partial charge in [0.25, 0.3) is 0 Å². The Balaban J connectivity index is 1.71. The first kappa shape index (κ1) is 24.6. The van der Waals surface area contributed by atoms with Crippen molar-refractivity contribution in [3.05, 3.63) is 83.7 Å². The van der Waals surface area contributed by atoms with Crippen molar-refractivity contribution in [1.29, 1.82) is 0 Å². The molecule has 0 aromatic carbocycles. The van der Waals surface area contributed by atoms with E-state index in [1.54, 1.807) is 24.8 Å². The summed E-state index contributed by atoms with van der Waals surface area (Å²) in [7, 11) is 0. The number of amidine groups is 2. The largest absolute Gasteiger partial charge is 0.312 e. The molecule has 2 aromatic rings. The third-order valence-electron chi connectivity index (χ3n) is 4.19. The van der Waals surface area contributed by atoms with Gasteiger partial charge in [0.2, 0.25) is 0 Å². The lowest BCUT2D eigenvalue weighted by atomic mass is 10.3. The minimum Gasteiger partial charge on any atom is -0.312 e. The van der Waals surface area contributed by atoms with Gasteiger partial charge in [-0.3, -0.25) is 9.97 Å². The zero-order valence-corrected chi connectivity index (χ0v) is 18.7. The van der Waals surface area contributed by atoms with Crippen LogP contribution in [-0.4, -0.2) is 61.3 Å². The third-order valence-corrected chi connectivity index (χ3v) is 4.19. The molecular formula is C24H30N8. The Morgan fingerprint density at radius 2 is 1.22 bits per heavy atom. The smallest absolute Gasteiger partial charge is 0.177 e. The molecule has 0 radical (unpaired) electrons. The molecule has 0 aliphatic heterocycles. The van der Waals surface area contributed by atoms with Crippen molar-refractivity contribution >= 4 is 25.1 Å². The zero-order chi connectivity index (χ0) is 23.0. The predicted molar refractivity (Wildman–Crippen MR) is 134 cm³/mol. The van der Waals surface area contributed by atoms with Crippen LogP contribution in [0.3, 0.4) is 0 Å². The highest BCUT2D eigenvalue weighted by molar-refractivity contribution is 6.00. The monoisotopic (exact) mass is 430 g/mol. The highest BCUT2D eigenvalue weighted by Crippen LogP contribution is 2.01. The van der Waals surface area contributed by atoms with Gasteiger partial charge in [0.05, 0.1) is 0 Å². The molecule has 2 heterocycles. The summed E-state index contributed by atoms with van der Waals surface area (Å²) in [6, 6.07) is 11.2. The van der Waals surface area contributed by atoms with E-state index in [4.69, 9.17) is 0 Å². The average Bonchev–Trinajstić information content (AvgIpc) is 2.83. The highest BCUT2D eigenvalue weighted by atomic mass is 15.0. The Morgan fingerprint density at radius 1 is 0.781 bits per heavy atom. The van der Waals surface area contributed by atoms with Crippen molar-refractivity contribution in [1.82, 2.24) is 20.6 Å². The van der Waals surface area contributed by atoms with E-state index in [-0.39, 0.29) is 0 Å². The summed E-state index contributed by atoms with van der Waals surface area (Å²) in [5.74, 6) is 1.02. The first-order valence-electron chi connectivity index (χ1n) is 10.3. The van der Waals surface area contributed by atoms with Crippen molar-refractivity contribution < 1.29 is 0 Å². The molecule has 166 valence electrons. The van der Waals surface area contributed by atoms with Crippen molar-refractivity contribution in [3.63, 3.8) is 0 Å². The van der Waals surface area contributed by atoms with Crippen LogP contribution in [0.1, 0.15) is 25.2 Å². The molecule has 0 atom stereocenters. The second-order valence-corrected chi connectivity index (χ2v) is 6.96. The lowest BCUT2D eigenvalue weighted by Crippen LogP contribution is -2.29. The van der Waals surface area contributed by atoms with Gasteiger partial charge in [-0.25, -0.2) is 20.0 Å².